The topological polar surface area (TPSA) is 115 Å². The summed E-state index contributed by atoms with van der Waals surface area (Å²) in [5.74, 6) is 0. The normalized spacial score (nSPS) is 8.50. The first kappa shape index (κ1) is 11.6. The fourth-order valence-corrected chi connectivity index (χ4v) is 0. The van der Waals surface area contributed by atoms with Gasteiger partial charge in [0.2, 0.25) is 0 Å². The van der Waals surface area contributed by atoms with Crippen LogP contribution >= 0.6 is 0 Å². The third-order valence-corrected chi connectivity index (χ3v) is 0. The van der Waals surface area contributed by atoms with Gasteiger partial charge in [0.1, 0.15) is 0 Å². The van der Waals surface area contributed by atoms with E-state index in [0.29, 0.717) is 0 Å². The summed E-state index contributed by atoms with van der Waals surface area (Å²) in [6, 6.07) is 0. The van der Waals surface area contributed by atoms with E-state index in [2.05, 4.69) is 0 Å². The molecule has 0 aliphatic carbocycles. The van der Waals surface area contributed by atoms with Gasteiger partial charge in [-0.2, -0.15) is 0 Å². The maximum atomic E-state index is 8.58. The van der Waals surface area contributed by atoms with E-state index in [0.717, 1.165) is 0 Å². The van der Waals surface area contributed by atoms with Crippen molar-refractivity contribution in [3.63, 3.8) is 0 Å². The van der Waals surface area contributed by atoms with Crippen molar-refractivity contribution in [3.05, 3.63) is 0 Å². The molecule has 0 saturated heterocycles. The van der Waals surface area contributed by atoms with Gasteiger partial charge in [-0.15, -0.1) is 0 Å². The second-order valence-corrected chi connectivity index (χ2v) is 2.50. The van der Waals surface area contributed by atoms with Gasteiger partial charge in [-0.3, -0.25) is 0 Å². The molecule has 0 bridgehead atoms. The van der Waals surface area contributed by atoms with E-state index in [1.807, 2.05) is 0 Å². The van der Waals surface area contributed by atoms with Crippen molar-refractivity contribution in [2.75, 3.05) is 0 Å². The van der Waals surface area contributed by atoms with Crippen molar-refractivity contribution in [1.82, 2.24) is 0 Å². The number of hydrogen-bond acceptors (Lipinski definition) is 6. The zero-order valence-electron chi connectivity index (χ0n) is 3.68. The maximum absolute atomic E-state index is 8.58. The molecule has 0 aromatic rings. The fourth-order valence-electron chi connectivity index (χ4n) is 0. The standard InChI is InChI=1S/La.H4O4Si.2O/c;1-5(2,3)4;;/h;1-4H;;. The van der Waals surface area contributed by atoms with Gasteiger partial charge < -0.3 is 19.2 Å². The molecule has 0 rings (SSSR count). The molecule has 0 fully saturated rings. The van der Waals surface area contributed by atoms with Gasteiger partial charge in [0.15, 0.2) is 0 Å². The molecule has 0 aliphatic heterocycles. The molecular weight excluding hydrogens is 263 g/mol. The van der Waals surface area contributed by atoms with Gasteiger partial charge in [-0.05, 0) is 0 Å². The molecule has 0 unspecified atom stereocenters. The summed E-state index contributed by atoms with van der Waals surface area (Å²) in [7, 11) is -4.61. The molecule has 47 valence electrons. The molecule has 8 heavy (non-hydrogen) atoms. The molecule has 8 heteroatoms. The van der Waals surface area contributed by atoms with E-state index in [4.69, 9.17) is 22.6 Å². The van der Waals surface area contributed by atoms with Crippen LogP contribution in [0.5, 0.6) is 0 Å². The molecule has 0 spiro atoms. The summed E-state index contributed by atoms with van der Waals surface area (Å²) in [4.78, 5) is 29.3. The van der Waals surface area contributed by atoms with Crippen LogP contribution in [0.4, 0.5) is 0 Å². The van der Waals surface area contributed by atoms with Gasteiger partial charge in [0.05, 0.1) is 0 Å². The molecular formula is H4LaO6Si. The molecule has 0 radical (unpaired) electrons. The van der Waals surface area contributed by atoms with Crippen molar-refractivity contribution in [2.24, 2.45) is 0 Å². The second-order valence-electron chi connectivity index (χ2n) is 0.696. The number of rotatable bonds is 0. The van der Waals surface area contributed by atoms with Crippen molar-refractivity contribution in [1.29, 1.82) is 0 Å². The molecule has 0 aromatic carbocycles. The van der Waals surface area contributed by atoms with Crippen LogP contribution in [0, 0.1) is 32.0 Å². The molecule has 6 nitrogen and oxygen atoms in total. The average molecular weight is 267 g/mol. The van der Waals surface area contributed by atoms with Crippen molar-refractivity contribution in [2.45, 2.75) is 0 Å². The SMILES string of the molecule is O[Si](O)(O)O.[O]=[La]=[O]. The van der Waals surface area contributed by atoms with Crippen LogP contribution in [-0.2, 0) is 3.39 Å². The van der Waals surface area contributed by atoms with Crippen LogP contribution in [-0.4, -0.2) is 28.2 Å². The monoisotopic (exact) mass is 267 g/mol. The Morgan fingerprint density at radius 3 is 1.00 bits per heavy atom. The zero-order valence-corrected chi connectivity index (χ0v) is 8.31. The summed E-state index contributed by atoms with van der Waals surface area (Å²) in [5, 5.41) is 0. The second kappa shape index (κ2) is 5.98. The van der Waals surface area contributed by atoms with Gasteiger partial charge in [0.25, 0.3) is 0 Å². The minimum atomic E-state index is -4.61. The van der Waals surface area contributed by atoms with Gasteiger partial charge in [-0.1, -0.05) is 0 Å². The van der Waals surface area contributed by atoms with E-state index in [1.54, 1.807) is 0 Å². The minimum absolute atomic E-state index is 2.50. The first-order valence-electron chi connectivity index (χ1n) is 1.37. The van der Waals surface area contributed by atoms with E-state index < -0.39 is 41.1 Å². The van der Waals surface area contributed by atoms with Crippen LogP contribution in [0.3, 0.4) is 0 Å². The third kappa shape index (κ3) is 323. The van der Waals surface area contributed by atoms with E-state index in [1.165, 1.54) is 0 Å². The molecule has 0 aliphatic rings. The van der Waals surface area contributed by atoms with Gasteiger partial charge in [-0.25, -0.2) is 0 Å². The number of hydrogen-bond donors (Lipinski definition) is 4. The van der Waals surface area contributed by atoms with Crippen LogP contribution in [0.15, 0.2) is 0 Å². The molecule has 0 amide bonds. The third-order valence-electron chi connectivity index (χ3n) is 0. The van der Waals surface area contributed by atoms with Crippen LogP contribution in [0.1, 0.15) is 0 Å². The van der Waals surface area contributed by atoms with Crippen LogP contribution in [0.2, 0.25) is 0 Å². The molecule has 0 saturated carbocycles. The molecule has 0 aromatic heterocycles. The average Bonchev–Trinajstić information content (AvgIpc) is 1.27. The Morgan fingerprint density at radius 1 is 1.00 bits per heavy atom. The van der Waals surface area contributed by atoms with Crippen molar-refractivity contribution < 1.29 is 54.6 Å². The van der Waals surface area contributed by atoms with E-state index in [-0.39, 0.29) is 0 Å². The predicted molar refractivity (Wildman–Crippen MR) is 16.0 cm³/mol. The van der Waals surface area contributed by atoms with Crippen molar-refractivity contribution >= 4 is 9.05 Å². The summed E-state index contributed by atoms with van der Waals surface area (Å²) in [6.07, 6.45) is 0. The summed E-state index contributed by atoms with van der Waals surface area (Å²) in [6.45, 7) is 0. The Kier molecular flexibility index (Phi) is 8.69. The molecule has 0 atom stereocenters. The molecule has 0 heterocycles. The summed E-state index contributed by atoms with van der Waals surface area (Å²) in [5.41, 5.74) is 0. The Bertz CT molecular complexity index is 69.0. The first-order valence-corrected chi connectivity index (χ1v) is 6.12. The van der Waals surface area contributed by atoms with Crippen LogP contribution < -0.4 is 0 Å². The summed E-state index contributed by atoms with van der Waals surface area (Å²) < 4.78 is 17.2. The Balaban J connectivity index is 0. The zero-order chi connectivity index (χ0) is 7.21. The van der Waals surface area contributed by atoms with E-state index >= 15 is 0 Å². The summed E-state index contributed by atoms with van der Waals surface area (Å²) >= 11 is -2.50. The quantitative estimate of drug-likeness (QED) is 0.351. The van der Waals surface area contributed by atoms with E-state index in [9.17, 15) is 0 Å². The predicted octanol–water partition coefficient (Wildman–Crippen LogP) is -2.85. The van der Waals surface area contributed by atoms with Crippen LogP contribution in [0.25, 0.3) is 0 Å². The Morgan fingerprint density at radius 2 is 1.00 bits per heavy atom. The Labute approximate surface area is 63.3 Å². The molecule has 4 N–H and O–H groups in total. The Hall–Kier alpha value is 0.852. The van der Waals surface area contributed by atoms with Gasteiger partial charge in [0, 0.05) is 0 Å². The fraction of sp³-hybridized carbons (Fsp3) is 0. The van der Waals surface area contributed by atoms with Gasteiger partial charge >= 0.3 is 44.5 Å². The van der Waals surface area contributed by atoms with Crippen molar-refractivity contribution in [3.8, 4) is 0 Å². The first-order chi connectivity index (χ1) is 3.41.